The van der Waals surface area contributed by atoms with E-state index in [1.165, 1.54) is 29.5 Å². The van der Waals surface area contributed by atoms with E-state index in [1.54, 1.807) is 30.5 Å². The molecular weight excluding hydrogens is 535 g/mol. The van der Waals surface area contributed by atoms with Gasteiger partial charge in [0.2, 0.25) is 0 Å². The fraction of sp³-hybridized carbons (Fsp3) is 0.286. The number of hydrogen-bond donors (Lipinski definition) is 3. The molecule has 3 rings (SSSR count). The smallest absolute Gasteiger partial charge is 0.261 e. The van der Waals surface area contributed by atoms with Crippen molar-refractivity contribution in [3.05, 3.63) is 82.7 Å². The Morgan fingerprint density at radius 1 is 1.23 bits per heavy atom. The third-order valence-electron chi connectivity index (χ3n) is 5.49. The first-order chi connectivity index (χ1) is 18.5. The van der Waals surface area contributed by atoms with E-state index >= 15 is 0 Å². The van der Waals surface area contributed by atoms with Gasteiger partial charge in [-0.3, -0.25) is 4.72 Å². The molecule has 0 aliphatic rings. The minimum absolute atomic E-state index is 0.162. The first-order valence-electron chi connectivity index (χ1n) is 12.4. The number of aliphatic imine (C=N–C) groups is 1. The molecule has 0 spiro atoms. The van der Waals surface area contributed by atoms with Gasteiger partial charge in [-0.2, -0.15) is 0 Å². The lowest BCUT2D eigenvalue weighted by Crippen LogP contribution is -2.20. The average Bonchev–Trinajstić information content (AvgIpc) is 3.33. The molecule has 3 aromatic rings. The van der Waals surface area contributed by atoms with Gasteiger partial charge >= 0.3 is 0 Å². The van der Waals surface area contributed by atoms with Crippen molar-refractivity contribution >= 4 is 39.0 Å². The summed E-state index contributed by atoms with van der Waals surface area (Å²) < 4.78 is 41.7. The van der Waals surface area contributed by atoms with E-state index in [0.717, 1.165) is 35.5 Å². The molecule has 0 fully saturated rings. The standard InChI is InChI=1S/C28H35FN6O2S2/c1-19(2)28-33-26(27(38-28)25(30)13-15-32-20(3)31-14-8-16-35(4)5)21-9-6-11-23(17-21)34-39(36,37)24-12-7-10-22(29)18-24/h6-7,9-13,15,17-19,31,34H,3,8,14,16,30H2,1-2,4-5H3/b25-13-,32-15-. The van der Waals surface area contributed by atoms with Crippen molar-refractivity contribution in [1.82, 2.24) is 15.2 Å². The molecule has 0 atom stereocenters. The number of allylic oxidation sites excluding steroid dienone is 1. The number of aromatic nitrogens is 1. The molecule has 0 saturated heterocycles. The van der Waals surface area contributed by atoms with Crippen LogP contribution in [0, 0.1) is 5.82 Å². The summed E-state index contributed by atoms with van der Waals surface area (Å²) in [5, 5.41) is 4.07. The number of sulfonamides is 1. The average molecular weight is 571 g/mol. The van der Waals surface area contributed by atoms with Gasteiger partial charge in [0, 0.05) is 29.9 Å². The molecule has 0 aliphatic heterocycles. The summed E-state index contributed by atoms with van der Waals surface area (Å²) in [6.45, 7) is 9.75. The molecule has 2 aromatic carbocycles. The zero-order chi connectivity index (χ0) is 28.6. The number of nitrogens with one attached hydrogen (secondary N) is 2. The third-order valence-corrected chi connectivity index (χ3v) is 8.27. The predicted molar refractivity (Wildman–Crippen MR) is 160 cm³/mol. The molecule has 4 N–H and O–H groups in total. The Hall–Kier alpha value is -3.54. The summed E-state index contributed by atoms with van der Waals surface area (Å²) in [5.41, 5.74) is 8.58. The van der Waals surface area contributed by atoms with E-state index in [0.29, 0.717) is 28.5 Å². The molecule has 0 bridgehead atoms. The zero-order valence-corrected chi connectivity index (χ0v) is 24.2. The topological polar surface area (TPSA) is 113 Å². The molecule has 0 aliphatic carbocycles. The Morgan fingerprint density at radius 3 is 2.67 bits per heavy atom. The largest absolute Gasteiger partial charge is 0.397 e. The summed E-state index contributed by atoms with van der Waals surface area (Å²) in [5.74, 6) is 0.0858. The van der Waals surface area contributed by atoms with Crippen LogP contribution in [0.15, 0.2) is 76.9 Å². The number of benzene rings is 2. The van der Waals surface area contributed by atoms with E-state index in [4.69, 9.17) is 10.7 Å². The van der Waals surface area contributed by atoms with Crippen LogP contribution in [0.4, 0.5) is 10.1 Å². The molecule has 1 aromatic heterocycles. The third kappa shape index (κ3) is 8.74. The minimum atomic E-state index is -3.98. The van der Waals surface area contributed by atoms with E-state index in [9.17, 15) is 12.8 Å². The maximum absolute atomic E-state index is 13.6. The Morgan fingerprint density at radius 2 is 1.97 bits per heavy atom. The SMILES string of the molecule is C=C(/N=C\C=C(/N)c1sc(C(C)C)nc1-c1cccc(NS(=O)(=O)c2cccc(F)c2)c1)NCCCN(C)C. The predicted octanol–water partition coefficient (Wildman–Crippen LogP) is 5.26. The Bertz CT molecular complexity index is 1460. The van der Waals surface area contributed by atoms with Gasteiger partial charge in [0.25, 0.3) is 10.0 Å². The van der Waals surface area contributed by atoms with Crippen LogP contribution in [0.5, 0.6) is 0 Å². The van der Waals surface area contributed by atoms with Gasteiger partial charge in [-0.25, -0.2) is 22.8 Å². The molecule has 0 unspecified atom stereocenters. The van der Waals surface area contributed by atoms with Gasteiger partial charge < -0.3 is 16.0 Å². The lowest BCUT2D eigenvalue weighted by molar-refractivity contribution is 0.398. The van der Waals surface area contributed by atoms with Crippen molar-refractivity contribution in [3.8, 4) is 11.3 Å². The monoisotopic (exact) mass is 570 g/mol. The van der Waals surface area contributed by atoms with E-state index in [2.05, 4.69) is 26.5 Å². The van der Waals surface area contributed by atoms with E-state index in [1.807, 2.05) is 34.0 Å². The van der Waals surface area contributed by atoms with Crippen molar-refractivity contribution in [2.45, 2.75) is 31.1 Å². The van der Waals surface area contributed by atoms with E-state index < -0.39 is 15.8 Å². The zero-order valence-electron chi connectivity index (χ0n) is 22.6. The second-order valence-corrected chi connectivity index (χ2v) is 12.2. The summed E-state index contributed by atoms with van der Waals surface area (Å²) in [6.07, 6.45) is 4.27. The Labute approximate surface area is 234 Å². The van der Waals surface area contributed by atoms with Crippen molar-refractivity contribution in [1.29, 1.82) is 0 Å². The molecule has 8 nitrogen and oxygen atoms in total. The first kappa shape index (κ1) is 30.0. The van der Waals surface area contributed by atoms with Crippen molar-refractivity contribution in [3.63, 3.8) is 0 Å². The molecular formula is C28H35FN6O2S2. The van der Waals surface area contributed by atoms with Crippen LogP contribution in [-0.4, -0.2) is 51.7 Å². The summed E-state index contributed by atoms with van der Waals surface area (Å²) in [7, 11) is 0.0763. The van der Waals surface area contributed by atoms with Crippen LogP contribution < -0.4 is 15.8 Å². The number of thiazole rings is 1. The summed E-state index contributed by atoms with van der Waals surface area (Å²) in [4.78, 5) is 11.8. The molecule has 208 valence electrons. The molecule has 11 heteroatoms. The molecule has 39 heavy (non-hydrogen) atoms. The second kappa shape index (κ2) is 13.5. The van der Waals surface area contributed by atoms with Crippen LogP contribution in [0.25, 0.3) is 17.0 Å². The van der Waals surface area contributed by atoms with Gasteiger partial charge in [0.15, 0.2) is 0 Å². The highest BCUT2D eigenvalue weighted by Gasteiger charge is 2.19. The van der Waals surface area contributed by atoms with Gasteiger partial charge in [0.1, 0.15) is 11.6 Å². The highest BCUT2D eigenvalue weighted by molar-refractivity contribution is 7.92. The summed E-state index contributed by atoms with van der Waals surface area (Å²) >= 11 is 1.48. The van der Waals surface area contributed by atoms with Crippen molar-refractivity contribution in [2.24, 2.45) is 10.7 Å². The van der Waals surface area contributed by atoms with Gasteiger partial charge in [0.05, 0.1) is 26.2 Å². The lowest BCUT2D eigenvalue weighted by Gasteiger charge is -2.10. The minimum Gasteiger partial charge on any atom is -0.397 e. The fourth-order valence-electron chi connectivity index (χ4n) is 3.51. The second-order valence-electron chi connectivity index (χ2n) is 9.46. The fourth-order valence-corrected chi connectivity index (χ4v) is 5.62. The maximum Gasteiger partial charge on any atom is 0.261 e. The molecule has 1 heterocycles. The number of rotatable bonds is 13. The lowest BCUT2D eigenvalue weighted by atomic mass is 10.1. The highest BCUT2D eigenvalue weighted by Crippen LogP contribution is 2.35. The molecule has 0 radical (unpaired) electrons. The molecule has 0 amide bonds. The quantitative estimate of drug-likeness (QED) is 0.191. The highest BCUT2D eigenvalue weighted by atomic mass is 32.2. The van der Waals surface area contributed by atoms with Gasteiger partial charge in [-0.1, -0.05) is 38.6 Å². The van der Waals surface area contributed by atoms with Crippen LogP contribution in [0.1, 0.15) is 36.1 Å². The first-order valence-corrected chi connectivity index (χ1v) is 14.7. The molecule has 0 saturated carbocycles. The number of nitrogens with two attached hydrogens (primary N) is 1. The van der Waals surface area contributed by atoms with Crippen LogP contribution in [0.3, 0.4) is 0 Å². The van der Waals surface area contributed by atoms with Crippen LogP contribution in [0.2, 0.25) is 0 Å². The Kier molecular flexibility index (Phi) is 10.4. The summed E-state index contributed by atoms with van der Waals surface area (Å²) in [6, 6.07) is 11.7. The van der Waals surface area contributed by atoms with Crippen molar-refractivity contribution < 1.29 is 12.8 Å². The number of nitrogens with zero attached hydrogens (tertiary/aromatic N) is 3. The maximum atomic E-state index is 13.6. The van der Waals surface area contributed by atoms with Crippen molar-refractivity contribution in [2.75, 3.05) is 31.9 Å². The van der Waals surface area contributed by atoms with Gasteiger partial charge in [-0.05, 0) is 63.5 Å². The normalized spacial score (nSPS) is 12.4. The van der Waals surface area contributed by atoms with E-state index in [-0.39, 0.29) is 10.8 Å². The van der Waals surface area contributed by atoms with Gasteiger partial charge in [-0.15, -0.1) is 11.3 Å². The number of hydrogen-bond acceptors (Lipinski definition) is 8. The number of halogens is 1. The number of anilines is 1. The Balaban J connectivity index is 1.83. The van der Waals surface area contributed by atoms with Crippen LogP contribution in [-0.2, 0) is 10.0 Å². The van der Waals surface area contributed by atoms with Crippen LogP contribution >= 0.6 is 11.3 Å².